The number of nitrogens with two attached hydrogens (primary N) is 1. The first-order valence-corrected chi connectivity index (χ1v) is 10.2. The van der Waals surface area contributed by atoms with Gasteiger partial charge in [-0.25, -0.2) is 4.79 Å². The van der Waals surface area contributed by atoms with Gasteiger partial charge in [-0.1, -0.05) is 19.1 Å². The number of nitrogens with one attached hydrogen (secondary N) is 4. The predicted octanol–water partition coefficient (Wildman–Crippen LogP) is 0.429. The SMILES string of the molecule is CCc1ccc(C(=O)N[C@@H](CNC(=O)c2ccc(OCCNC(=N)N)cc2O)C(=O)O)cc1. The summed E-state index contributed by atoms with van der Waals surface area (Å²) >= 11 is 0. The number of benzene rings is 2. The van der Waals surface area contributed by atoms with Crippen LogP contribution in [-0.4, -0.2) is 59.7 Å². The first-order chi connectivity index (χ1) is 15.7. The Morgan fingerprint density at radius 2 is 1.79 bits per heavy atom. The molecule has 0 unspecified atom stereocenters. The van der Waals surface area contributed by atoms with E-state index in [9.17, 15) is 24.6 Å². The van der Waals surface area contributed by atoms with Crippen molar-refractivity contribution in [1.82, 2.24) is 16.0 Å². The zero-order chi connectivity index (χ0) is 24.4. The minimum Gasteiger partial charge on any atom is -0.507 e. The maximum Gasteiger partial charge on any atom is 0.328 e. The Hall–Kier alpha value is -4.28. The van der Waals surface area contributed by atoms with Gasteiger partial charge in [-0.05, 0) is 36.2 Å². The normalized spacial score (nSPS) is 11.2. The Bertz CT molecular complexity index is 1010. The van der Waals surface area contributed by atoms with E-state index in [1.165, 1.54) is 18.2 Å². The zero-order valence-corrected chi connectivity index (χ0v) is 18.1. The lowest BCUT2D eigenvalue weighted by Gasteiger charge is -2.16. The van der Waals surface area contributed by atoms with Crippen LogP contribution in [0, 0.1) is 5.41 Å². The minimum atomic E-state index is -1.37. The van der Waals surface area contributed by atoms with Crippen molar-refractivity contribution in [2.24, 2.45) is 5.73 Å². The average molecular weight is 457 g/mol. The van der Waals surface area contributed by atoms with Gasteiger partial charge in [-0.2, -0.15) is 0 Å². The third kappa shape index (κ3) is 7.73. The van der Waals surface area contributed by atoms with Gasteiger partial charge in [0.25, 0.3) is 11.8 Å². The molecular formula is C22H27N5O6. The van der Waals surface area contributed by atoms with E-state index in [0.29, 0.717) is 11.3 Å². The van der Waals surface area contributed by atoms with Crippen molar-refractivity contribution in [2.75, 3.05) is 19.7 Å². The van der Waals surface area contributed by atoms with E-state index in [1.54, 1.807) is 24.3 Å². The highest BCUT2D eigenvalue weighted by atomic mass is 16.5. The molecule has 0 aliphatic carbocycles. The van der Waals surface area contributed by atoms with E-state index < -0.39 is 23.8 Å². The smallest absolute Gasteiger partial charge is 0.328 e. The number of phenolic OH excluding ortho intramolecular Hbond substituents is 1. The molecule has 0 heterocycles. The van der Waals surface area contributed by atoms with Gasteiger partial charge in [-0.15, -0.1) is 0 Å². The molecule has 1 atom stereocenters. The maximum atomic E-state index is 12.4. The Labute approximate surface area is 190 Å². The summed E-state index contributed by atoms with van der Waals surface area (Å²) in [5.41, 5.74) is 6.41. The van der Waals surface area contributed by atoms with Crippen LogP contribution in [0.1, 0.15) is 33.2 Å². The van der Waals surface area contributed by atoms with Gasteiger partial charge in [0, 0.05) is 18.2 Å². The van der Waals surface area contributed by atoms with E-state index in [4.69, 9.17) is 15.9 Å². The molecule has 2 aromatic carbocycles. The number of rotatable bonds is 11. The van der Waals surface area contributed by atoms with Crippen LogP contribution in [0.4, 0.5) is 0 Å². The molecule has 11 heteroatoms. The molecule has 2 rings (SSSR count). The number of phenols is 1. The van der Waals surface area contributed by atoms with Crippen LogP contribution in [0.25, 0.3) is 0 Å². The lowest BCUT2D eigenvalue weighted by molar-refractivity contribution is -0.139. The number of hydrogen-bond donors (Lipinski definition) is 7. The van der Waals surface area contributed by atoms with Gasteiger partial charge in [0.15, 0.2) is 5.96 Å². The fraction of sp³-hybridized carbons (Fsp3) is 0.273. The van der Waals surface area contributed by atoms with E-state index in [0.717, 1.165) is 12.0 Å². The molecule has 2 aromatic rings. The number of aryl methyl sites for hydroxylation is 1. The number of ether oxygens (including phenoxy) is 1. The van der Waals surface area contributed by atoms with Crippen molar-refractivity contribution >= 4 is 23.7 Å². The molecule has 0 radical (unpaired) electrons. The van der Waals surface area contributed by atoms with E-state index >= 15 is 0 Å². The number of guanidine groups is 1. The third-order valence-electron chi connectivity index (χ3n) is 4.59. The van der Waals surface area contributed by atoms with E-state index in [-0.39, 0.29) is 37.0 Å². The standard InChI is InChI=1S/C22H27N5O6/c1-2-13-3-5-14(6-4-13)19(29)27-17(21(31)32)12-26-20(30)16-8-7-15(11-18(16)28)33-10-9-25-22(23)24/h3-8,11,17,28H,2,9-10,12H2,1H3,(H,26,30)(H,27,29)(H,31,32)(H4,23,24,25)/t17-/m0/s1. The number of aliphatic carboxylic acids is 1. The Morgan fingerprint density at radius 3 is 2.36 bits per heavy atom. The monoisotopic (exact) mass is 457 g/mol. The molecule has 0 spiro atoms. The highest BCUT2D eigenvalue weighted by molar-refractivity contribution is 5.98. The predicted molar refractivity (Wildman–Crippen MR) is 121 cm³/mol. The molecule has 33 heavy (non-hydrogen) atoms. The highest BCUT2D eigenvalue weighted by Gasteiger charge is 2.22. The molecule has 0 fully saturated rings. The van der Waals surface area contributed by atoms with Gasteiger partial charge in [0.1, 0.15) is 24.1 Å². The first kappa shape index (κ1) is 25.0. The van der Waals surface area contributed by atoms with Crippen molar-refractivity contribution in [3.8, 4) is 11.5 Å². The lowest BCUT2D eigenvalue weighted by Crippen LogP contribution is -2.48. The summed E-state index contributed by atoms with van der Waals surface area (Å²) in [4.78, 5) is 36.3. The quantitative estimate of drug-likeness (QED) is 0.144. The van der Waals surface area contributed by atoms with E-state index in [2.05, 4.69) is 16.0 Å². The van der Waals surface area contributed by atoms with Crippen molar-refractivity contribution < 1.29 is 29.3 Å². The lowest BCUT2D eigenvalue weighted by atomic mass is 10.1. The third-order valence-corrected chi connectivity index (χ3v) is 4.59. The van der Waals surface area contributed by atoms with Crippen LogP contribution in [0.5, 0.6) is 11.5 Å². The molecule has 0 aliphatic rings. The van der Waals surface area contributed by atoms with Crippen LogP contribution in [0.15, 0.2) is 42.5 Å². The van der Waals surface area contributed by atoms with Gasteiger partial charge < -0.3 is 36.6 Å². The second-order valence-corrected chi connectivity index (χ2v) is 6.99. The van der Waals surface area contributed by atoms with Crippen LogP contribution < -0.4 is 26.4 Å². The van der Waals surface area contributed by atoms with Crippen LogP contribution in [-0.2, 0) is 11.2 Å². The Morgan fingerprint density at radius 1 is 1.09 bits per heavy atom. The van der Waals surface area contributed by atoms with Crippen LogP contribution in [0.2, 0.25) is 0 Å². The molecule has 0 saturated heterocycles. The average Bonchev–Trinajstić information content (AvgIpc) is 2.79. The number of carbonyl (C=O) groups is 3. The fourth-order valence-corrected chi connectivity index (χ4v) is 2.77. The maximum absolute atomic E-state index is 12.4. The second kappa shape index (κ2) is 11.9. The minimum absolute atomic E-state index is 0.0881. The summed E-state index contributed by atoms with van der Waals surface area (Å²) in [5.74, 6) is -2.89. The van der Waals surface area contributed by atoms with Gasteiger partial charge in [0.2, 0.25) is 0 Å². The molecule has 11 nitrogen and oxygen atoms in total. The molecule has 176 valence electrons. The highest BCUT2D eigenvalue weighted by Crippen LogP contribution is 2.23. The summed E-state index contributed by atoms with van der Waals surface area (Å²) in [5, 5.41) is 33.9. The Balaban J connectivity index is 1.93. The number of amides is 2. The van der Waals surface area contributed by atoms with Crippen molar-refractivity contribution in [1.29, 1.82) is 5.41 Å². The number of hydrogen-bond acceptors (Lipinski definition) is 6. The van der Waals surface area contributed by atoms with E-state index in [1.807, 2.05) is 6.92 Å². The van der Waals surface area contributed by atoms with Gasteiger partial charge >= 0.3 is 5.97 Å². The van der Waals surface area contributed by atoms with Crippen molar-refractivity contribution in [3.63, 3.8) is 0 Å². The summed E-state index contributed by atoms with van der Waals surface area (Å²) in [6, 6.07) is 9.41. The van der Waals surface area contributed by atoms with Crippen molar-refractivity contribution in [3.05, 3.63) is 59.2 Å². The molecule has 8 N–H and O–H groups in total. The number of carboxylic acid groups (broad SMARTS) is 1. The molecular weight excluding hydrogens is 430 g/mol. The fourth-order valence-electron chi connectivity index (χ4n) is 2.77. The number of carboxylic acids is 1. The summed E-state index contributed by atoms with van der Waals surface area (Å²) < 4.78 is 5.37. The molecule has 2 amide bonds. The number of carbonyl (C=O) groups excluding carboxylic acids is 2. The van der Waals surface area contributed by atoms with Gasteiger partial charge in [-0.3, -0.25) is 15.0 Å². The van der Waals surface area contributed by atoms with Crippen molar-refractivity contribution in [2.45, 2.75) is 19.4 Å². The summed E-state index contributed by atoms with van der Waals surface area (Å²) in [7, 11) is 0. The summed E-state index contributed by atoms with van der Waals surface area (Å²) in [6.45, 7) is 2.04. The Kier molecular flexibility index (Phi) is 9.04. The first-order valence-electron chi connectivity index (χ1n) is 10.2. The second-order valence-electron chi connectivity index (χ2n) is 6.99. The molecule has 0 saturated carbocycles. The van der Waals surface area contributed by atoms with Crippen LogP contribution in [0.3, 0.4) is 0 Å². The number of aromatic hydroxyl groups is 1. The van der Waals surface area contributed by atoms with Crippen LogP contribution >= 0.6 is 0 Å². The van der Waals surface area contributed by atoms with Gasteiger partial charge in [0.05, 0.1) is 12.1 Å². The topological polar surface area (TPSA) is 187 Å². The summed E-state index contributed by atoms with van der Waals surface area (Å²) in [6.07, 6.45) is 0.808. The molecule has 0 aliphatic heterocycles. The largest absolute Gasteiger partial charge is 0.507 e. The molecule has 0 bridgehead atoms. The zero-order valence-electron chi connectivity index (χ0n) is 18.1. The molecule has 0 aromatic heterocycles.